The molecule has 1 unspecified atom stereocenters. The Bertz CT molecular complexity index is 746. The van der Waals surface area contributed by atoms with Gasteiger partial charge in [-0.1, -0.05) is 19.3 Å². The summed E-state index contributed by atoms with van der Waals surface area (Å²) in [5, 5.41) is 11.2. The molecule has 7 heteroatoms. The van der Waals surface area contributed by atoms with Crippen LogP contribution in [0.15, 0.2) is 12.4 Å². The first-order valence-corrected chi connectivity index (χ1v) is 9.96. The Hall–Kier alpha value is -2.02. The summed E-state index contributed by atoms with van der Waals surface area (Å²) in [6, 6.07) is 0. The highest BCUT2D eigenvalue weighted by atomic mass is 16.1. The number of hydrogen-bond acceptors (Lipinski definition) is 5. The summed E-state index contributed by atoms with van der Waals surface area (Å²) in [5.41, 5.74) is 2.75. The summed E-state index contributed by atoms with van der Waals surface area (Å²) >= 11 is 0. The number of hydrogen-bond donors (Lipinski definition) is 2. The lowest BCUT2D eigenvalue weighted by atomic mass is 9.87. The van der Waals surface area contributed by atoms with Crippen molar-refractivity contribution in [2.45, 2.75) is 57.4 Å². The third-order valence-corrected chi connectivity index (χ3v) is 5.69. The summed E-state index contributed by atoms with van der Waals surface area (Å²) < 4.78 is 1.90. The number of amides is 1. The minimum absolute atomic E-state index is 0.166. The molecule has 1 saturated heterocycles. The Kier molecular flexibility index (Phi) is 5.43. The highest BCUT2D eigenvalue weighted by molar-refractivity contribution is 5.76. The van der Waals surface area contributed by atoms with E-state index in [4.69, 9.17) is 5.10 Å². The Morgan fingerprint density at radius 2 is 2.04 bits per heavy atom. The number of carbonyl (C=O) groups excluding carboxylic acids is 1. The first kappa shape index (κ1) is 17.4. The lowest BCUT2D eigenvalue weighted by Crippen LogP contribution is -2.29. The monoisotopic (exact) mass is 356 g/mol. The topological polar surface area (TPSA) is 84.7 Å². The smallest absolute Gasteiger partial charge is 0.220 e. The van der Waals surface area contributed by atoms with E-state index >= 15 is 0 Å². The maximum absolute atomic E-state index is 12.2. The van der Waals surface area contributed by atoms with Gasteiger partial charge in [0.2, 0.25) is 5.91 Å². The number of aromatic nitrogens is 4. The first-order valence-electron chi connectivity index (χ1n) is 9.96. The van der Waals surface area contributed by atoms with E-state index in [9.17, 15) is 4.79 Å². The number of carbonyl (C=O) groups is 1. The van der Waals surface area contributed by atoms with Gasteiger partial charge in [-0.3, -0.25) is 4.79 Å². The number of fused-ring (bicyclic) bond motifs is 1. The molecule has 1 aliphatic carbocycles. The maximum atomic E-state index is 12.2. The molecule has 0 bridgehead atoms. The van der Waals surface area contributed by atoms with Gasteiger partial charge < -0.3 is 10.6 Å². The van der Waals surface area contributed by atoms with Gasteiger partial charge in [-0.15, -0.1) is 0 Å². The summed E-state index contributed by atoms with van der Waals surface area (Å²) in [5.74, 6) is 1.14. The minimum Gasteiger partial charge on any atom is -0.354 e. The van der Waals surface area contributed by atoms with Gasteiger partial charge in [-0.2, -0.15) is 5.10 Å². The zero-order valence-electron chi connectivity index (χ0n) is 15.3. The Balaban J connectivity index is 1.37. The van der Waals surface area contributed by atoms with Crippen LogP contribution in [-0.2, 0) is 11.3 Å². The molecule has 26 heavy (non-hydrogen) atoms. The first-order chi connectivity index (χ1) is 12.8. The SMILES string of the molecule is O=C(CC1CCCCC1)NCCn1nc(C2CCNC2)c2nccnc21. The molecule has 140 valence electrons. The van der Waals surface area contributed by atoms with Crippen LogP contribution in [0.5, 0.6) is 0 Å². The van der Waals surface area contributed by atoms with Crippen LogP contribution < -0.4 is 10.6 Å². The van der Waals surface area contributed by atoms with Crippen LogP contribution in [0.2, 0.25) is 0 Å². The molecular formula is C19H28N6O. The summed E-state index contributed by atoms with van der Waals surface area (Å²) in [4.78, 5) is 21.2. The second kappa shape index (κ2) is 8.12. The van der Waals surface area contributed by atoms with Crippen LogP contribution in [0, 0.1) is 5.92 Å². The highest BCUT2D eigenvalue weighted by Gasteiger charge is 2.24. The average molecular weight is 356 g/mol. The predicted molar refractivity (Wildman–Crippen MR) is 99.8 cm³/mol. The Labute approximate surface area is 154 Å². The van der Waals surface area contributed by atoms with Crippen molar-refractivity contribution in [3.8, 4) is 0 Å². The molecule has 0 aromatic carbocycles. The quantitative estimate of drug-likeness (QED) is 0.827. The van der Waals surface area contributed by atoms with Crippen LogP contribution in [0.1, 0.15) is 56.6 Å². The average Bonchev–Trinajstić information content (AvgIpc) is 3.31. The molecule has 3 heterocycles. The Morgan fingerprint density at radius 1 is 1.19 bits per heavy atom. The number of nitrogens with one attached hydrogen (secondary N) is 2. The van der Waals surface area contributed by atoms with Crippen molar-refractivity contribution in [1.82, 2.24) is 30.4 Å². The van der Waals surface area contributed by atoms with E-state index in [0.29, 0.717) is 31.3 Å². The van der Waals surface area contributed by atoms with Gasteiger partial charge in [0, 0.05) is 37.8 Å². The number of rotatable bonds is 6. The molecule has 2 fully saturated rings. The zero-order valence-corrected chi connectivity index (χ0v) is 15.3. The molecule has 2 aromatic heterocycles. The molecule has 0 spiro atoms. The molecule has 2 aliphatic rings. The third kappa shape index (κ3) is 3.87. The lowest BCUT2D eigenvalue weighted by Gasteiger charge is -2.20. The van der Waals surface area contributed by atoms with E-state index in [0.717, 1.165) is 36.4 Å². The molecule has 0 radical (unpaired) electrons. The maximum Gasteiger partial charge on any atom is 0.220 e. The molecule has 2 N–H and O–H groups in total. The van der Waals surface area contributed by atoms with Crippen LogP contribution in [0.3, 0.4) is 0 Å². The van der Waals surface area contributed by atoms with Gasteiger partial charge in [-0.05, 0) is 31.7 Å². The van der Waals surface area contributed by atoms with E-state index in [1.54, 1.807) is 12.4 Å². The fourth-order valence-electron chi connectivity index (χ4n) is 4.27. The fraction of sp³-hybridized carbons (Fsp3) is 0.684. The second-order valence-electron chi connectivity index (χ2n) is 7.58. The van der Waals surface area contributed by atoms with Crippen molar-refractivity contribution in [3.05, 3.63) is 18.1 Å². The van der Waals surface area contributed by atoms with E-state index in [1.807, 2.05) is 4.68 Å². The lowest BCUT2D eigenvalue weighted by molar-refractivity contribution is -0.122. The predicted octanol–water partition coefficient (Wildman–Crippen LogP) is 1.99. The molecule has 1 amide bonds. The van der Waals surface area contributed by atoms with Crippen LogP contribution in [0.4, 0.5) is 0 Å². The van der Waals surface area contributed by atoms with Crippen LogP contribution in [0.25, 0.3) is 11.2 Å². The van der Waals surface area contributed by atoms with Crippen molar-refractivity contribution in [2.24, 2.45) is 5.92 Å². The van der Waals surface area contributed by atoms with Crippen molar-refractivity contribution < 1.29 is 4.79 Å². The minimum atomic E-state index is 0.166. The molecule has 1 saturated carbocycles. The standard InChI is InChI=1S/C19H28N6O/c26-16(12-14-4-2-1-3-5-14)21-10-11-25-19-18(22-8-9-23-19)17(24-25)15-6-7-20-13-15/h8-9,14-15,20H,1-7,10-13H2,(H,21,26). The van der Waals surface area contributed by atoms with Crippen molar-refractivity contribution >= 4 is 17.1 Å². The van der Waals surface area contributed by atoms with Gasteiger partial charge in [-0.25, -0.2) is 14.6 Å². The van der Waals surface area contributed by atoms with Crippen molar-refractivity contribution in [3.63, 3.8) is 0 Å². The van der Waals surface area contributed by atoms with E-state index in [2.05, 4.69) is 20.6 Å². The third-order valence-electron chi connectivity index (χ3n) is 5.69. The van der Waals surface area contributed by atoms with Gasteiger partial charge >= 0.3 is 0 Å². The Morgan fingerprint density at radius 3 is 2.85 bits per heavy atom. The van der Waals surface area contributed by atoms with Crippen LogP contribution >= 0.6 is 0 Å². The molecule has 4 rings (SSSR count). The highest BCUT2D eigenvalue weighted by Crippen LogP contribution is 2.27. The molecule has 1 aliphatic heterocycles. The van der Waals surface area contributed by atoms with Gasteiger partial charge in [0.1, 0.15) is 5.52 Å². The summed E-state index contributed by atoms with van der Waals surface area (Å²) in [6.45, 7) is 3.18. The van der Waals surface area contributed by atoms with E-state index in [1.165, 1.54) is 32.1 Å². The van der Waals surface area contributed by atoms with E-state index < -0.39 is 0 Å². The molecular weight excluding hydrogens is 328 g/mol. The van der Waals surface area contributed by atoms with E-state index in [-0.39, 0.29) is 5.91 Å². The largest absolute Gasteiger partial charge is 0.354 e. The molecule has 1 atom stereocenters. The zero-order chi connectivity index (χ0) is 17.8. The van der Waals surface area contributed by atoms with Gasteiger partial charge in [0.25, 0.3) is 0 Å². The van der Waals surface area contributed by atoms with Crippen molar-refractivity contribution in [1.29, 1.82) is 0 Å². The molecule has 7 nitrogen and oxygen atoms in total. The fourth-order valence-corrected chi connectivity index (χ4v) is 4.27. The van der Waals surface area contributed by atoms with Gasteiger partial charge in [0.05, 0.1) is 12.2 Å². The second-order valence-corrected chi connectivity index (χ2v) is 7.58. The van der Waals surface area contributed by atoms with Gasteiger partial charge in [0.15, 0.2) is 5.65 Å². The normalized spacial score (nSPS) is 21.3. The van der Waals surface area contributed by atoms with Crippen molar-refractivity contribution in [2.75, 3.05) is 19.6 Å². The number of nitrogens with zero attached hydrogens (tertiary/aromatic N) is 4. The molecule has 2 aromatic rings. The van der Waals surface area contributed by atoms with Crippen LogP contribution in [-0.4, -0.2) is 45.3 Å². The summed E-state index contributed by atoms with van der Waals surface area (Å²) in [6.07, 6.45) is 11.5. The summed E-state index contributed by atoms with van der Waals surface area (Å²) in [7, 11) is 0.